The maximum atomic E-state index is 11.7. The number of hydrazone groups is 1. The summed E-state index contributed by atoms with van der Waals surface area (Å²) in [5.41, 5.74) is 5.75. The molecule has 2 rings (SSSR count). The molecule has 0 aliphatic rings. The molecule has 1 aromatic carbocycles. The number of methoxy groups -OCH3 is 2. The second-order valence-corrected chi connectivity index (χ2v) is 6.34. The monoisotopic (exact) mass is 406 g/mol. The number of aryl methyl sites for hydroxylation is 1. The van der Waals surface area contributed by atoms with E-state index in [4.69, 9.17) is 21.1 Å². The lowest BCUT2D eigenvalue weighted by Gasteiger charge is -2.11. The fraction of sp³-hybridized carbons (Fsp3) is 0.316. The number of nitrogens with zero attached hydrogens (tertiary/aromatic N) is 2. The van der Waals surface area contributed by atoms with Crippen LogP contribution in [0.3, 0.4) is 0 Å². The van der Waals surface area contributed by atoms with Crippen molar-refractivity contribution in [3.63, 3.8) is 0 Å². The van der Waals surface area contributed by atoms with E-state index < -0.39 is 11.8 Å². The molecule has 0 radical (unpaired) electrons. The standard InChI is InChI=1S/C19H23ClN4O4/c1-12-9-14(11-22-23-19(26)18(25)21-7-8-27-3)13(2)24(12)15-5-6-17(28-4)16(20)10-15/h5-6,9-11H,7-8H2,1-4H3,(H,21,25)(H,23,26)/b22-11-. The van der Waals surface area contributed by atoms with Gasteiger partial charge in [-0.3, -0.25) is 9.59 Å². The van der Waals surface area contributed by atoms with E-state index in [1.54, 1.807) is 13.2 Å². The summed E-state index contributed by atoms with van der Waals surface area (Å²) in [6.07, 6.45) is 1.49. The van der Waals surface area contributed by atoms with Crippen LogP contribution in [0.5, 0.6) is 5.75 Å². The molecular formula is C19H23ClN4O4. The maximum Gasteiger partial charge on any atom is 0.329 e. The third kappa shape index (κ3) is 5.11. The van der Waals surface area contributed by atoms with Crippen LogP contribution in [0.1, 0.15) is 17.0 Å². The lowest BCUT2D eigenvalue weighted by atomic mass is 10.2. The number of carbonyl (C=O) groups is 2. The van der Waals surface area contributed by atoms with Gasteiger partial charge in [-0.25, -0.2) is 5.43 Å². The van der Waals surface area contributed by atoms with Crippen LogP contribution in [-0.2, 0) is 14.3 Å². The third-order valence-corrected chi connectivity index (χ3v) is 4.33. The van der Waals surface area contributed by atoms with Crippen LogP contribution in [0, 0.1) is 13.8 Å². The summed E-state index contributed by atoms with van der Waals surface area (Å²) in [7, 11) is 3.07. The van der Waals surface area contributed by atoms with Crippen molar-refractivity contribution in [3.8, 4) is 11.4 Å². The molecular weight excluding hydrogens is 384 g/mol. The molecule has 0 aliphatic carbocycles. The molecule has 2 N–H and O–H groups in total. The Balaban J connectivity index is 2.11. The van der Waals surface area contributed by atoms with Gasteiger partial charge in [-0.05, 0) is 38.1 Å². The molecule has 0 atom stereocenters. The summed E-state index contributed by atoms with van der Waals surface area (Å²) in [6, 6.07) is 7.43. The number of aromatic nitrogens is 1. The minimum absolute atomic E-state index is 0.248. The number of nitrogens with one attached hydrogen (secondary N) is 2. The van der Waals surface area contributed by atoms with Crippen molar-refractivity contribution in [1.82, 2.24) is 15.3 Å². The summed E-state index contributed by atoms with van der Waals surface area (Å²) in [5, 5.41) is 6.79. The second-order valence-electron chi connectivity index (χ2n) is 5.93. The van der Waals surface area contributed by atoms with Gasteiger partial charge in [0.05, 0.1) is 25.0 Å². The van der Waals surface area contributed by atoms with Gasteiger partial charge in [0.2, 0.25) is 0 Å². The van der Waals surface area contributed by atoms with Gasteiger partial charge >= 0.3 is 11.8 Å². The van der Waals surface area contributed by atoms with Crippen molar-refractivity contribution in [1.29, 1.82) is 0 Å². The number of hydrogen-bond acceptors (Lipinski definition) is 5. The van der Waals surface area contributed by atoms with Crippen LogP contribution < -0.4 is 15.5 Å². The molecule has 0 spiro atoms. The molecule has 9 heteroatoms. The van der Waals surface area contributed by atoms with E-state index in [1.807, 2.05) is 36.6 Å². The number of halogens is 1. The van der Waals surface area contributed by atoms with Crippen molar-refractivity contribution in [3.05, 3.63) is 46.2 Å². The fourth-order valence-corrected chi connectivity index (χ4v) is 2.92. The Morgan fingerprint density at radius 3 is 2.61 bits per heavy atom. The van der Waals surface area contributed by atoms with Crippen LogP contribution >= 0.6 is 11.6 Å². The maximum absolute atomic E-state index is 11.7. The lowest BCUT2D eigenvalue weighted by Crippen LogP contribution is -2.39. The van der Waals surface area contributed by atoms with Gasteiger partial charge in [0.15, 0.2) is 0 Å². The molecule has 150 valence electrons. The van der Waals surface area contributed by atoms with Gasteiger partial charge in [-0.2, -0.15) is 5.10 Å². The van der Waals surface area contributed by atoms with Gasteiger partial charge < -0.3 is 19.4 Å². The summed E-state index contributed by atoms with van der Waals surface area (Å²) in [4.78, 5) is 23.3. The van der Waals surface area contributed by atoms with E-state index in [-0.39, 0.29) is 6.54 Å². The van der Waals surface area contributed by atoms with Gasteiger partial charge in [0, 0.05) is 36.3 Å². The van der Waals surface area contributed by atoms with Crippen molar-refractivity contribution in [2.45, 2.75) is 13.8 Å². The molecule has 8 nitrogen and oxygen atoms in total. The first-order valence-corrected chi connectivity index (χ1v) is 8.89. The Bertz CT molecular complexity index is 892. The zero-order chi connectivity index (χ0) is 20.7. The zero-order valence-electron chi connectivity index (χ0n) is 16.2. The number of hydrogen-bond donors (Lipinski definition) is 2. The SMILES string of the molecule is COCCNC(=O)C(=O)N/N=C\c1cc(C)n(-c2ccc(OC)c(Cl)c2)c1C. The van der Waals surface area contributed by atoms with Crippen molar-refractivity contribution < 1.29 is 19.1 Å². The van der Waals surface area contributed by atoms with E-state index in [0.29, 0.717) is 17.4 Å². The van der Waals surface area contributed by atoms with Gasteiger partial charge in [-0.1, -0.05) is 11.6 Å². The first-order chi connectivity index (χ1) is 13.4. The molecule has 28 heavy (non-hydrogen) atoms. The van der Waals surface area contributed by atoms with Gasteiger partial charge in [0.1, 0.15) is 5.75 Å². The quantitative estimate of drug-likeness (QED) is 0.318. The third-order valence-electron chi connectivity index (χ3n) is 4.03. The van der Waals surface area contributed by atoms with Crippen molar-refractivity contribution >= 4 is 29.6 Å². The number of amides is 2. The molecule has 2 aromatic rings. The number of benzene rings is 1. The number of ether oxygens (including phenoxy) is 2. The van der Waals surface area contributed by atoms with Crippen molar-refractivity contribution in [2.24, 2.45) is 5.10 Å². The Labute approximate surface area is 168 Å². The molecule has 1 heterocycles. The minimum Gasteiger partial charge on any atom is -0.495 e. The molecule has 0 saturated heterocycles. The average molecular weight is 407 g/mol. The zero-order valence-corrected chi connectivity index (χ0v) is 17.0. The largest absolute Gasteiger partial charge is 0.495 e. The second kappa shape index (κ2) is 9.91. The molecule has 0 saturated carbocycles. The van der Waals surface area contributed by atoms with E-state index in [0.717, 1.165) is 22.6 Å². The minimum atomic E-state index is -0.844. The molecule has 2 amide bonds. The summed E-state index contributed by atoms with van der Waals surface area (Å²) in [5.74, 6) is -1.02. The van der Waals surface area contributed by atoms with Crippen LogP contribution in [0.2, 0.25) is 5.02 Å². The highest BCUT2D eigenvalue weighted by Crippen LogP contribution is 2.28. The van der Waals surface area contributed by atoms with E-state index in [2.05, 4.69) is 15.8 Å². The Kier molecular flexibility index (Phi) is 7.60. The molecule has 1 aromatic heterocycles. The summed E-state index contributed by atoms with van der Waals surface area (Å²) < 4.78 is 12.0. The topological polar surface area (TPSA) is 94.0 Å². The van der Waals surface area contributed by atoms with Crippen molar-refractivity contribution in [2.75, 3.05) is 27.4 Å². The Hall–Kier alpha value is -2.84. The predicted octanol–water partition coefficient (Wildman–Crippen LogP) is 1.97. The van der Waals surface area contributed by atoms with E-state index in [9.17, 15) is 9.59 Å². The predicted molar refractivity (Wildman–Crippen MR) is 107 cm³/mol. The molecule has 0 aliphatic heterocycles. The Morgan fingerprint density at radius 1 is 1.21 bits per heavy atom. The summed E-state index contributed by atoms with van der Waals surface area (Å²) in [6.45, 7) is 4.44. The highest BCUT2D eigenvalue weighted by Gasteiger charge is 2.13. The number of carbonyl (C=O) groups excluding carboxylic acids is 2. The summed E-state index contributed by atoms with van der Waals surface area (Å²) >= 11 is 6.23. The smallest absolute Gasteiger partial charge is 0.329 e. The highest BCUT2D eigenvalue weighted by molar-refractivity contribution is 6.35. The fourth-order valence-electron chi connectivity index (χ4n) is 2.67. The lowest BCUT2D eigenvalue weighted by molar-refractivity contribution is -0.139. The first-order valence-electron chi connectivity index (χ1n) is 8.52. The van der Waals surface area contributed by atoms with E-state index >= 15 is 0 Å². The van der Waals surface area contributed by atoms with E-state index in [1.165, 1.54) is 13.3 Å². The van der Waals surface area contributed by atoms with Gasteiger partial charge in [0.25, 0.3) is 0 Å². The Morgan fingerprint density at radius 2 is 1.96 bits per heavy atom. The van der Waals surface area contributed by atoms with Crippen LogP contribution in [0.15, 0.2) is 29.4 Å². The molecule has 0 unspecified atom stereocenters. The van der Waals surface area contributed by atoms with Crippen LogP contribution in [0.4, 0.5) is 0 Å². The van der Waals surface area contributed by atoms with Gasteiger partial charge in [-0.15, -0.1) is 0 Å². The average Bonchev–Trinajstić information content (AvgIpc) is 2.95. The molecule has 0 fully saturated rings. The number of rotatable bonds is 7. The normalized spacial score (nSPS) is 10.9. The highest BCUT2D eigenvalue weighted by atomic mass is 35.5. The van der Waals surface area contributed by atoms with Crippen LogP contribution in [-0.4, -0.2) is 50.0 Å². The first kappa shape index (κ1) is 21.5. The van der Waals surface area contributed by atoms with Crippen LogP contribution in [0.25, 0.3) is 5.69 Å². The molecule has 0 bridgehead atoms.